The van der Waals surface area contributed by atoms with E-state index < -0.39 is 11.9 Å². The molecule has 1 fully saturated rings. The molecule has 0 unspecified atom stereocenters. The molecule has 0 bridgehead atoms. The number of benzene rings is 3. The Hall–Kier alpha value is -3.40. The van der Waals surface area contributed by atoms with Crippen LogP contribution in [-0.4, -0.2) is 11.9 Å². The van der Waals surface area contributed by atoms with Crippen molar-refractivity contribution in [2.45, 2.75) is 58.3 Å². The Kier molecular flexibility index (Phi) is 7.79. The van der Waals surface area contributed by atoms with Crippen molar-refractivity contribution < 1.29 is 19.1 Å². The van der Waals surface area contributed by atoms with E-state index >= 15 is 0 Å². The Morgan fingerprint density at radius 1 is 0.794 bits per heavy atom. The van der Waals surface area contributed by atoms with Crippen LogP contribution in [0.5, 0.6) is 11.5 Å². The molecule has 0 N–H and O–H groups in total. The fourth-order valence-electron chi connectivity index (χ4n) is 4.63. The van der Waals surface area contributed by atoms with Crippen molar-refractivity contribution in [3.05, 3.63) is 95.1 Å². The van der Waals surface area contributed by atoms with Crippen LogP contribution in [-0.2, 0) is 6.42 Å². The van der Waals surface area contributed by atoms with E-state index in [0.29, 0.717) is 28.5 Å². The molecular formula is C30H32O4. The van der Waals surface area contributed by atoms with Gasteiger partial charge in [0, 0.05) is 5.56 Å². The summed E-state index contributed by atoms with van der Waals surface area (Å²) in [7, 11) is 0. The first-order valence-corrected chi connectivity index (χ1v) is 12.2. The second-order valence-electron chi connectivity index (χ2n) is 9.46. The summed E-state index contributed by atoms with van der Waals surface area (Å²) in [5.74, 6) is 0.484. The van der Waals surface area contributed by atoms with Gasteiger partial charge in [0.05, 0.1) is 11.1 Å². The summed E-state index contributed by atoms with van der Waals surface area (Å²) in [6.07, 6.45) is 6.43. The molecule has 0 spiro atoms. The van der Waals surface area contributed by atoms with Gasteiger partial charge in [-0.05, 0) is 67.0 Å². The summed E-state index contributed by atoms with van der Waals surface area (Å²) < 4.78 is 11.9. The van der Waals surface area contributed by atoms with Gasteiger partial charge in [0.2, 0.25) is 0 Å². The molecule has 3 aromatic rings. The maximum Gasteiger partial charge on any atom is 0.343 e. The van der Waals surface area contributed by atoms with Gasteiger partial charge in [0.25, 0.3) is 0 Å². The molecule has 0 heterocycles. The lowest BCUT2D eigenvalue weighted by molar-refractivity contribution is 0.0680. The van der Waals surface area contributed by atoms with Crippen LogP contribution >= 0.6 is 0 Å². The molecule has 0 aromatic heterocycles. The highest BCUT2D eigenvalue weighted by Crippen LogP contribution is 2.44. The Labute approximate surface area is 201 Å². The molecule has 3 aromatic carbocycles. The zero-order chi connectivity index (χ0) is 23.9. The monoisotopic (exact) mass is 456 g/mol. The lowest BCUT2D eigenvalue weighted by Gasteiger charge is -2.26. The van der Waals surface area contributed by atoms with E-state index in [1.165, 1.54) is 6.42 Å². The number of carbonyl (C=O) groups is 2. The molecule has 0 aliphatic heterocycles. The van der Waals surface area contributed by atoms with Crippen molar-refractivity contribution in [2.75, 3.05) is 0 Å². The molecule has 0 atom stereocenters. The van der Waals surface area contributed by atoms with Crippen molar-refractivity contribution >= 4 is 11.9 Å². The van der Waals surface area contributed by atoms with Gasteiger partial charge in [-0.25, -0.2) is 9.59 Å². The van der Waals surface area contributed by atoms with Gasteiger partial charge in [-0.15, -0.1) is 0 Å². The van der Waals surface area contributed by atoms with Crippen LogP contribution in [0.25, 0.3) is 0 Å². The van der Waals surface area contributed by atoms with Crippen LogP contribution < -0.4 is 9.47 Å². The van der Waals surface area contributed by atoms with Crippen LogP contribution in [0.4, 0.5) is 0 Å². The molecule has 0 saturated heterocycles. The summed E-state index contributed by atoms with van der Waals surface area (Å²) in [5.41, 5.74) is 2.98. The predicted molar refractivity (Wildman–Crippen MR) is 134 cm³/mol. The number of carbonyl (C=O) groups excluding carboxylic acids is 2. The minimum atomic E-state index is -0.464. The molecule has 1 saturated carbocycles. The number of ether oxygens (including phenoxy) is 2. The van der Waals surface area contributed by atoms with Crippen LogP contribution in [0, 0.1) is 5.92 Å². The highest BCUT2D eigenvalue weighted by Gasteiger charge is 2.27. The van der Waals surface area contributed by atoms with Gasteiger partial charge < -0.3 is 9.47 Å². The van der Waals surface area contributed by atoms with Gasteiger partial charge in [-0.3, -0.25) is 0 Å². The first-order chi connectivity index (χ1) is 16.5. The fourth-order valence-corrected chi connectivity index (χ4v) is 4.63. The van der Waals surface area contributed by atoms with Gasteiger partial charge in [-0.2, -0.15) is 0 Å². The van der Waals surface area contributed by atoms with E-state index in [0.717, 1.165) is 43.2 Å². The van der Waals surface area contributed by atoms with Gasteiger partial charge in [0.1, 0.15) is 0 Å². The van der Waals surface area contributed by atoms with E-state index in [4.69, 9.17) is 9.47 Å². The minimum Gasteiger partial charge on any atom is -0.419 e. The average molecular weight is 457 g/mol. The second-order valence-corrected chi connectivity index (χ2v) is 9.46. The Balaban J connectivity index is 1.77. The first-order valence-electron chi connectivity index (χ1n) is 12.2. The number of hydrogen-bond donors (Lipinski definition) is 0. The molecule has 0 radical (unpaired) electrons. The molecule has 4 heteroatoms. The molecule has 176 valence electrons. The maximum atomic E-state index is 13.1. The Morgan fingerprint density at radius 3 is 1.91 bits per heavy atom. The summed E-state index contributed by atoms with van der Waals surface area (Å²) in [4.78, 5) is 26.0. The van der Waals surface area contributed by atoms with Crippen LogP contribution in [0.2, 0.25) is 0 Å². The van der Waals surface area contributed by atoms with Gasteiger partial charge in [-0.1, -0.05) is 75.6 Å². The molecule has 34 heavy (non-hydrogen) atoms. The van der Waals surface area contributed by atoms with E-state index in [-0.39, 0.29) is 5.92 Å². The van der Waals surface area contributed by atoms with Gasteiger partial charge >= 0.3 is 11.9 Å². The third kappa shape index (κ3) is 5.93. The fraction of sp³-hybridized carbons (Fsp3) is 0.333. The SMILES string of the molecule is CC(C)Cc1cc(OC(=O)c2ccccc2)c(OC(=O)c2ccccc2)c(C2CCCCC2)c1. The number of rotatable bonds is 7. The van der Waals surface area contributed by atoms with Crippen molar-refractivity contribution in [3.8, 4) is 11.5 Å². The van der Waals surface area contributed by atoms with Crippen molar-refractivity contribution in [3.63, 3.8) is 0 Å². The van der Waals surface area contributed by atoms with E-state index in [1.54, 1.807) is 48.5 Å². The second kappa shape index (κ2) is 11.1. The van der Waals surface area contributed by atoms with Crippen LogP contribution in [0.3, 0.4) is 0 Å². The van der Waals surface area contributed by atoms with Crippen molar-refractivity contribution in [1.82, 2.24) is 0 Å². The summed E-state index contributed by atoms with van der Waals surface area (Å²) in [5, 5.41) is 0. The van der Waals surface area contributed by atoms with Crippen molar-refractivity contribution in [2.24, 2.45) is 5.92 Å². The Bertz CT molecular complexity index is 1110. The standard InChI is InChI=1S/C30H32O4/c1-21(2)18-22-19-26(23-12-6-3-7-13-23)28(34-30(32)25-16-10-5-11-17-25)27(20-22)33-29(31)24-14-8-4-9-15-24/h4-5,8-11,14-17,19-21,23H,3,6-7,12-13,18H2,1-2H3. The van der Waals surface area contributed by atoms with E-state index in [1.807, 2.05) is 18.2 Å². The lowest BCUT2D eigenvalue weighted by Crippen LogP contribution is -2.16. The highest BCUT2D eigenvalue weighted by atomic mass is 16.6. The minimum absolute atomic E-state index is 0.272. The smallest absolute Gasteiger partial charge is 0.343 e. The van der Waals surface area contributed by atoms with E-state index in [2.05, 4.69) is 19.9 Å². The van der Waals surface area contributed by atoms with Crippen molar-refractivity contribution in [1.29, 1.82) is 0 Å². The lowest BCUT2D eigenvalue weighted by atomic mass is 9.82. The first kappa shape index (κ1) is 23.7. The largest absolute Gasteiger partial charge is 0.419 e. The predicted octanol–water partition coefficient (Wildman–Crippen LogP) is 7.37. The third-order valence-corrected chi connectivity index (χ3v) is 6.25. The van der Waals surface area contributed by atoms with Crippen LogP contribution in [0.1, 0.15) is 83.7 Å². The number of hydrogen-bond acceptors (Lipinski definition) is 4. The molecule has 1 aliphatic carbocycles. The third-order valence-electron chi connectivity index (χ3n) is 6.25. The van der Waals surface area contributed by atoms with Crippen LogP contribution in [0.15, 0.2) is 72.8 Å². The molecular weight excluding hydrogens is 424 g/mol. The molecule has 4 rings (SSSR count). The summed E-state index contributed by atoms with van der Waals surface area (Å²) in [6.45, 7) is 4.33. The number of esters is 2. The quantitative estimate of drug-likeness (QED) is 0.275. The molecule has 0 amide bonds. The zero-order valence-electron chi connectivity index (χ0n) is 20.0. The summed E-state index contributed by atoms with van der Waals surface area (Å²) >= 11 is 0. The average Bonchev–Trinajstić information content (AvgIpc) is 2.86. The molecule has 1 aliphatic rings. The molecule has 4 nitrogen and oxygen atoms in total. The van der Waals surface area contributed by atoms with Gasteiger partial charge in [0.15, 0.2) is 11.5 Å². The summed E-state index contributed by atoms with van der Waals surface area (Å²) in [6, 6.07) is 21.8. The highest BCUT2D eigenvalue weighted by molar-refractivity contribution is 5.93. The normalized spacial score (nSPS) is 14.1. The Morgan fingerprint density at radius 2 is 1.35 bits per heavy atom. The maximum absolute atomic E-state index is 13.1. The topological polar surface area (TPSA) is 52.6 Å². The zero-order valence-corrected chi connectivity index (χ0v) is 20.0. The van der Waals surface area contributed by atoms with E-state index in [9.17, 15) is 9.59 Å².